The standard InChI is InChI=1S/C7H9F3N3/c8-7(9,10)13-5-12-4-2-1-3-6(12)11-13/h5H,1-4H2/q+1. The van der Waals surface area contributed by atoms with Crippen LogP contribution in [0.3, 0.4) is 0 Å². The topological polar surface area (TPSA) is 21.7 Å². The predicted molar refractivity (Wildman–Crippen MR) is 36.7 cm³/mol. The molecule has 0 aliphatic carbocycles. The van der Waals surface area contributed by atoms with Gasteiger partial charge in [0.05, 0.1) is 6.54 Å². The molecule has 1 aromatic heterocycles. The average molecular weight is 192 g/mol. The predicted octanol–water partition coefficient (Wildman–Crippen LogP) is 0.983. The maximum absolute atomic E-state index is 12.2. The first-order valence-corrected chi connectivity index (χ1v) is 4.12. The van der Waals surface area contributed by atoms with Gasteiger partial charge in [0, 0.05) is 11.5 Å². The first-order chi connectivity index (χ1) is 6.07. The average Bonchev–Trinajstić information content (AvgIpc) is 2.45. The normalized spacial score (nSPS) is 17.2. The Bertz CT molecular complexity index is 292. The summed E-state index contributed by atoms with van der Waals surface area (Å²) < 4.78 is 38.1. The zero-order chi connectivity index (χ0) is 9.47. The number of halogens is 3. The summed E-state index contributed by atoms with van der Waals surface area (Å²) >= 11 is 0. The lowest BCUT2D eigenvalue weighted by Crippen LogP contribution is -2.39. The van der Waals surface area contributed by atoms with E-state index in [1.807, 2.05) is 0 Å². The summed E-state index contributed by atoms with van der Waals surface area (Å²) in [5.41, 5.74) is 0. The third-order valence-corrected chi connectivity index (χ3v) is 2.11. The summed E-state index contributed by atoms with van der Waals surface area (Å²) in [4.78, 5) is 0. The molecule has 13 heavy (non-hydrogen) atoms. The van der Waals surface area contributed by atoms with E-state index in [2.05, 4.69) is 5.10 Å². The first-order valence-electron chi connectivity index (χ1n) is 4.12. The molecule has 0 atom stereocenters. The van der Waals surface area contributed by atoms with Crippen LogP contribution in [0, 0.1) is 0 Å². The maximum Gasteiger partial charge on any atom is 0.572 e. The van der Waals surface area contributed by atoms with Gasteiger partial charge in [-0.1, -0.05) is 0 Å². The van der Waals surface area contributed by atoms with Crippen LogP contribution in [0.5, 0.6) is 0 Å². The van der Waals surface area contributed by atoms with Gasteiger partial charge in [-0.3, -0.25) is 0 Å². The Hall–Kier alpha value is -1.07. The van der Waals surface area contributed by atoms with E-state index in [9.17, 15) is 13.2 Å². The Morgan fingerprint density at radius 2 is 2.15 bits per heavy atom. The maximum atomic E-state index is 12.2. The van der Waals surface area contributed by atoms with E-state index in [0.29, 0.717) is 18.8 Å². The highest BCUT2D eigenvalue weighted by molar-refractivity contribution is 4.75. The van der Waals surface area contributed by atoms with E-state index in [1.165, 1.54) is 0 Å². The molecule has 1 aliphatic rings. The highest BCUT2D eigenvalue weighted by Gasteiger charge is 2.41. The molecule has 3 nitrogen and oxygen atoms in total. The molecular formula is C7H9F3N3+. The van der Waals surface area contributed by atoms with Gasteiger partial charge in [0.15, 0.2) is 0 Å². The fraction of sp³-hybridized carbons (Fsp3) is 0.714. The fourth-order valence-corrected chi connectivity index (χ4v) is 1.47. The molecule has 6 heteroatoms. The van der Waals surface area contributed by atoms with Crippen molar-refractivity contribution in [2.75, 3.05) is 0 Å². The molecule has 2 rings (SSSR count). The molecule has 0 saturated heterocycles. The van der Waals surface area contributed by atoms with Crippen molar-refractivity contribution in [2.45, 2.75) is 32.1 Å². The molecule has 2 heterocycles. The molecule has 0 unspecified atom stereocenters. The molecule has 0 spiro atoms. The SMILES string of the molecule is FC(F)(F)n1c[n+]2c(n1)CCCC2. The van der Waals surface area contributed by atoms with Crippen LogP contribution in [0.2, 0.25) is 0 Å². The summed E-state index contributed by atoms with van der Waals surface area (Å²) in [6.07, 6.45) is -0.863. The van der Waals surface area contributed by atoms with Gasteiger partial charge in [-0.05, 0) is 17.5 Å². The first kappa shape index (κ1) is 8.52. The Labute approximate surface area is 72.8 Å². The largest absolute Gasteiger partial charge is 0.572 e. The number of nitrogens with zero attached hydrogens (tertiary/aromatic N) is 3. The molecule has 0 saturated carbocycles. The highest BCUT2D eigenvalue weighted by atomic mass is 19.4. The van der Waals surface area contributed by atoms with Gasteiger partial charge in [-0.15, -0.1) is 13.2 Å². The molecule has 0 bridgehead atoms. The summed E-state index contributed by atoms with van der Waals surface area (Å²) in [5, 5.41) is 3.48. The van der Waals surface area contributed by atoms with Crippen molar-refractivity contribution in [3.05, 3.63) is 12.2 Å². The summed E-state index contributed by atoms with van der Waals surface area (Å²) in [6.45, 7) is 0.644. The monoisotopic (exact) mass is 192 g/mol. The fourth-order valence-electron chi connectivity index (χ4n) is 1.47. The van der Waals surface area contributed by atoms with Gasteiger partial charge in [-0.2, -0.15) is 0 Å². The lowest BCUT2D eigenvalue weighted by molar-refractivity contribution is -0.710. The van der Waals surface area contributed by atoms with Crippen LogP contribution in [0.4, 0.5) is 13.2 Å². The second-order valence-electron chi connectivity index (χ2n) is 3.09. The van der Waals surface area contributed by atoms with Crippen LogP contribution < -0.4 is 4.57 Å². The molecular weight excluding hydrogens is 183 g/mol. The van der Waals surface area contributed by atoms with Crippen molar-refractivity contribution in [3.63, 3.8) is 0 Å². The zero-order valence-corrected chi connectivity index (χ0v) is 6.88. The van der Waals surface area contributed by atoms with E-state index in [4.69, 9.17) is 0 Å². The number of fused-ring (bicyclic) bond motifs is 1. The van der Waals surface area contributed by atoms with Crippen molar-refractivity contribution in [2.24, 2.45) is 0 Å². The molecule has 0 amide bonds. The lowest BCUT2D eigenvalue weighted by Gasteiger charge is -2.04. The third-order valence-electron chi connectivity index (χ3n) is 2.11. The summed E-state index contributed by atoms with van der Waals surface area (Å²) in [7, 11) is 0. The summed E-state index contributed by atoms with van der Waals surface area (Å²) in [6, 6.07) is 0. The minimum absolute atomic E-state index is 0.0770. The molecule has 0 radical (unpaired) electrons. The van der Waals surface area contributed by atoms with Gasteiger partial charge < -0.3 is 0 Å². The Morgan fingerprint density at radius 3 is 2.77 bits per heavy atom. The number of alkyl halides is 3. The third kappa shape index (κ3) is 1.52. The van der Waals surface area contributed by atoms with E-state index < -0.39 is 6.30 Å². The van der Waals surface area contributed by atoms with Crippen molar-refractivity contribution in [1.29, 1.82) is 0 Å². The van der Waals surface area contributed by atoms with Crippen LogP contribution in [0.25, 0.3) is 0 Å². The van der Waals surface area contributed by atoms with Gasteiger partial charge in [-0.25, -0.2) is 4.57 Å². The van der Waals surface area contributed by atoms with E-state index in [0.717, 1.165) is 19.2 Å². The number of aromatic nitrogens is 3. The van der Waals surface area contributed by atoms with Gasteiger partial charge in [0.25, 0.3) is 5.82 Å². The smallest absolute Gasteiger partial charge is 0.234 e. The van der Waals surface area contributed by atoms with Crippen LogP contribution >= 0.6 is 0 Å². The van der Waals surface area contributed by atoms with Gasteiger partial charge in [0.2, 0.25) is 6.33 Å². The molecule has 1 aliphatic heterocycles. The van der Waals surface area contributed by atoms with Crippen molar-refractivity contribution in [1.82, 2.24) is 9.78 Å². The minimum atomic E-state index is -4.38. The van der Waals surface area contributed by atoms with E-state index in [-0.39, 0.29) is 4.68 Å². The number of aryl methyl sites for hydroxylation is 2. The van der Waals surface area contributed by atoms with Crippen LogP contribution in [-0.2, 0) is 19.3 Å². The second-order valence-corrected chi connectivity index (χ2v) is 3.09. The van der Waals surface area contributed by atoms with Crippen LogP contribution in [0.1, 0.15) is 18.7 Å². The van der Waals surface area contributed by atoms with Crippen molar-refractivity contribution in [3.8, 4) is 0 Å². The molecule has 1 aromatic rings. The quantitative estimate of drug-likeness (QED) is 0.561. The molecule has 72 valence electrons. The zero-order valence-electron chi connectivity index (χ0n) is 6.88. The Kier molecular flexibility index (Phi) is 1.78. The van der Waals surface area contributed by atoms with Crippen molar-refractivity contribution >= 4 is 0 Å². The summed E-state index contributed by atoms with van der Waals surface area (Å²) in [5.74, 6) is 0.531. The highest BCUT2D eigenvalue weighted by Crippen LogP contribution is 2.20. The van der Waals surface area contributed by atoms with Crippen LogP contribution in [0.15, 0.2) is 6.33 Å². The molecule has 0 fully saturated rings. The Morgan fingerprint density at radius 1 is 1.38 bits per heavy atom. The molecule has 0 N–H and O–H groups in total. The van der Waals surface area contributed by atoms with E-state index in [1.54, 1.807) is 4.57 Å². The minimum Gasteiger partial charge on any atom is -0.234 e. The Balaban J connectivity index is 2.36. The second kappa shape index (κ2) is 2.71. The van der Waals surface area contributed by atoms with Crippen molar-refractivity contribution < 1.29 is 17.7 Å². The molecule has 0 aromatic carbocycles. The number of hydrogen-bond donors (Lipinski definition) is 0. The number of rotatable bonds is 0. The van der Waals surface area contributed by atoms with Gasteiger partial charge in [0.1, 0.15) is 0 Å². The lowest BCUT2D eigenvalue weighted by atomic mass is 10.2. The van der Waals surface area contributed by atoms with E-state index >= 15 is 0 Å². The number of hydrogen-bond acceptors (Lipinski definition) is 1. The van der Waals surface area contributed by atoms with Crippen LogP contribution in [-0.4, -0.2) is 9.78 Å². The van der Waals surface area contributed by atoms with Gasteiger partial charge >= 0.3 is 6.30 Å².